The van der Waals surface area contributed by atoms with Gasteiger partial charge in [0, 0.05) is 23.5 Å². The Hall–Kier alpha value is -1.30. The molecular formula is C9H11N2O3S-. The van der Waals surface area contributed by atoms with E-state index in [1.165, 1.54) is 17.8 Å². The van der Waals surface area contributed by atoms with Gasteiger partial charge in [0.25, 0.3) is 5.56 Å². The second kappa shape index (κ2) is 5.55. The number of nitrogens with one attached hydrogen (secondary N) is 1. The van der Waals surface area contributed by atoms with Crippen LogP contribution in [0.1, 0.15) is 19.0 Å². The van der Waals surface area contributed by atoms with E-state index in [0.29, 0.717) is 23.0 Å². The summed E-state index contributed by atoms with van der Waals surface area (Å²) in [6.45, 7) is 1.90. The number of hydrogen-bond acceptors (Lipinski definition) is 5. The molecule has 0 saturated carbocycles. The number of nitrogens with zero attached hydrogens (tertiary/aromatic N) is 1. The van der Waals surface area contributed by atoms with Crippen molar-refractivity contribution >= 4 is 17.7 Å². The van der Waals surface area contributed by atoms with Crippen molar-refractivity contribution in [2.75, 3.05) is 5.75 Å². The Labute approximate surface area is 90.9 Å². The normalized spacial score (nSPS) is 10.2. The third-order valence-corrected chi connectivity index (χ3v) is 2.56. The van der Waals surface area contributed by atoms with E-state index in [9.17, 15) is 14.7 Å². The van der Waals surface area contributed by atoms with Gasteiger partial charge in [-0.3, -0.25) is 4.79 Å². The molecule has 5 nitrogen and oxygen atoms in total. The van der Waals surface area contributed by atoms with Crippen molar-refractivity contribution in [2.24, 2.45) is 0 Å². The number of hydrogen-bond donors (Lipinski definition) is 1. The van der Waals surface area contributed by atoms with Crippen LogP contribution >= 0.6 is 11.8 Å². The van der Waals surface area contributed by atoms with Crippen molar-refractivity contribution in [3.8, 4) is 0 Å². The first-order valence-electron chi connectivity index (χ1n) is 4.54. The highest BCUT2D eigenvalue weighted by Gasteiger charge is 2.00. The molecule has 1 N–H and O–H groups in total. The number of rotatable bonds is 5. The van der Waals surface area contributed by atoms with Crippen LogP contribution < -0.4 is 10.7 Å². The van der Waals surface area contributed by atoms with Gasteiger partial charge >= 0.3 is 0 Å². The fraction of sp³-hybridized carbons (Fsp3) is 0.444. The van der Waals surface area contributed by atoms with Crippen molar-refractivity contribution in [1.29, 1.82) is 0 Å². The fourth-order valence-electron chi connectivity index (χ4n) is 0.964. The lowest BCUT2D eigenvalue weighted by Gasteiger charge is -2.02. The van der Waals surface area contributed by atoms with E-state index in [1.54, 1.807) is 0 Å². The quantitative estimate of drug-likeness (QED) is 0.544. The number of thioether (sulfide) groups is 1. The highest BCUT2D eigenvalue weighted by molar-refractivity contribution is 7.99. The molecule has 0 aliphatic carbocycles. The maximum Gasteiger partial charge on any atom is 0.251 e. The predicted octanol–water partition coefficient (Wildman–Crippen LogP) is -0.436. The monoisotopic (exact) mass is 227 g/mol. The van der Waals surface area contributed by atoms with Crippen molar-refractivity contribution in [2.45, 2.75) is 24.9 Å². The second-order valence-electron chi connectivity index (χ2n) is 2.87. The Morgan fingerprint density at radius 2 is 2.40 bits per heavy atom. The molecule has 0 radical (unpaired) electrons. The standard InChI is InChI=1S/C9H12N2O3S/c1-2-6-5-7(12)11-9(10-6)15-4-3-8(13)14/h5H,2-4H2,1H3,(H,13,14)(H,10,11,12)/p-1. The van der Waals surface area contributed by atoms with Crippen LogP contribution in [0.3, 0.4) is 0 Å². The zero-order valence-electron chi connectivity index (χ0n) is 8.28. The Kier molecular flexibility index (Phi) is 4.36. The molecule has 0 unspecified atom stereocenters. The van der Waals surface area contributed by atoms with E-state index >= 15 is 0 Å². The topological polar surface area (TPSA) is 85.9 Å². The maximum atomic E-state index is 11.1. The molecule has 0 saturated heterocycles. The van der Waals surface area contributed by atoms with E-state index in [-0.39, 0.29) is 12.0 Å². The van der Waals surface area contributed by atoms with E-state index in [2.05, 4.69) is 9.97 Å². The molecule has 1 aromatic rings. The average molecular weight is 227 g/mol. The zero-order chi connectivity index (χ0) is 11.3. The molecular weight excluding hydrogens is 216 g/mol. The summed E-state index contributed by atoms with van der Waals surface area (Å²) in [7, 11) is 0. The molecule has 6 heteroatoms. The molecule has 0 aromatic carbocycles. The number of carbonyl (C=O) groups excluding carboxylic acids is 1. The summed E-state index contributed by atoms with van der Waals surface area (Å²) in [6.07, 6.45) is 0.628. The first-order chi connectivity index (χ1) is 7.11. The molecule has 1 rings (SSSR count). The van der Waals surface area contributed by atoms with Crippen LogP contribution in [0.25, 0.3) is 0 Å². The van der Waals surface area contributed by atoms with E-state index in [0.717, 1.165) is 0 Å². The lowest BCUT2D eigenvalue weighted by molar-refractivity contribution is -0.305. The van der Waals surface area contributed by atoms with Gasteiger partial charge in [0.15, 0.2) is 5.16 Å². The summed E-state index contributed by atoms with van der Waals surface area (Å²) < 4.78 is 0. The van der Waals surface area contributed by atoms with Crippen LogP contribution in [0.2, 0.25) is 0 Å². The predicted molar refractivity (Wildman–Crippen MR) is 54.6 cm³/mol. The smallest absolute Gasteiger partial charge is 0.251 e. The number of H-pyrrole nitrogens is 1. The summed E-state index contributed by atoms with van der Waals surface area (Å²) in [5.74, 6) is -0.755. The Morgan fingerprint density at radius 1 is 1.67 bits per heavy atom. The van der Waals surface area contributed by atoms with Crippen LogP contribution in [0, 0.1) is 0 Å². The van der Waals surface area contributed by atoms with Crippen molar-refractivity contribution in [3.63, 3.8) is 0 Å². The minimum absolute atomic E-state index is 0.0509. The van der Waals surface area contributed by atoms with Gasteiger partial charge in [-0.05, 0) is 12.8 Å². The van der Waals surface area contributed by atoms with Gasteiger partial charge in [0.2, 0.25) is 0 Å². The summed E-state index contributed by atoms with van der Waals surface area (Å²) >= 11 is 1.20. The lowest BCUT2D eigenvalue weighted by atomic mass is 10.3. The summed E-state index contributed by atoms with van der Waals surface area (Å²) in [5.41, 5.74) is 0.493. The number of carboxylic acid groups (broad SMARTS) is 1. The average Bonchev–Trinajstić information content (AvgIpc) is 2.16. The molecule has 0 amide bonds. The van der Waals surface area contributed by atoms with Gasteiger partial charge in [0.05, 0.1) is 0 Å². The summed E-state index contributed by atoms with van der Waals surface area (Å²) in [4.78, 5) is 28.0. The lowest BCUT2D eigenvalue weighted by Crippen LogP contribution is -2.22. The molecule has 15 heavy (non-hydrogen) atoms. The number of aromatic amines is 1. The minimum Gasteiger partial charge on any atom is -0.550 e. The highest BCUT2D eigenvalue weighted by atomic mass is 32.2. The number of aromatic nitrogens is 2. The molecule has 0 bridgehead atoms. The van der Waals surface area contributed by atoms with Crippen molar-refractivity contribution < 1.29 is 9.90 Å². The SMILES string of the molecule is CCc1cc(=O)[nH]c(SCCC(=O)[O-])n1. The number of aliphatic carboxylic acids is 1. The Bertz CT molecular complexity index is 403. The number of carbonyl (C=O) groups is 1. The van der Waals surface area contributed by atoms with Gasteiger partial charge in [-0.1, -0.05) is 18.7 Å². The van der Waals surface area contributed by atoms with Crippen LogP contribution in [0.15, 0.2) is 16.0 Å². The third kappa shape index (κ3) is 4.16. The Morgan fingerprint density at radius 3 is 3.00 bits per heavy atom. The fourth-order valence-corrected chi connectivity index (χ4v) is 1.78. The third-order valence-electron chi connectivity index (χ3n) is 1.68. The largest absolute Gasteiger partial charge is 0.550 e. The summed E-state index contributed by atoms with van der Waals surface area (Å²) in [5, 5.41) is 10.6. The first-order valence-corrected chi connectivity index (χ1v) is 5.53. The van der Waals surface area contributed by atoms with Crippen LogP contribution in [-0.2, 0) is 11.2 Å². The van der Waals surface area contributed by atoms with Crippen LogP contribution in [0.5, 0.6) is 0 Å². The van der Waals surface area contributed by atoms with Crippen molar-refractivity contribution in [1.82, 2.24) is 9.97 Å². The number of carboxylic acids is 1. The van der Waals surface area contributed by atoms with Gasteiger partial charge in [-0.15, -0.1) is 0 Å². The van der Waals surface area contributed by atoms with Gasteiger partial charge in [-0.25, -0.2) is 4.98 Å². The van der Waals surface area contributed by atoms with Crippen LogP contribution in [-0.4, -0.2) is 21.7 Å². The number of aryl methyl sites for hydroxylation is 1. The minimum atomic E-state index is -1.10. The molecule has 0 spiro atoms. The Balaban J connectivity index is 2.64. The second-order valence-corrected chi connectivity index (χ2v) is 3.95. The molecule has 1 aromatic heterocycles. The molecule has 0 atom stereocenters. The molecule has 0 aliphatic rings. The molecule has 1 heterocycles. The van der Waals surface area contributed by atoms with E-state index in [4.69, 9.17) is 0 Å². The zero-order valence-corrected chi connectivity index (χ0v) is 9.10. The van der Waals surface area contributed by atoms with Crippen LogP contribution in [0.4, 0.5) is 0 Å². The van der Waals surface area contributed by atoms with Crippen molar-refractivity contribution in [3.05, 3.63) is 22.1 Å². The van der Waals surface area contributed by atoms with Gasteiger partial charge in [0.1, 0.15) is 0 Å². The maximum absolute atomic E-state index is 11.1. The molecule has 0 fully saturated rings. The van der Waals surface area contributed by atoms with E-state index in [1.807, 2.05) is 6.92 Å². The highest BCUT2D eigenvalue weighted by Crippen LogP contribution is 2.12. The molecule has 0 aliphatic heterocycles. The molecule has 82 valence electrons. The van der Waals surface area contributed by atoms with Gasteiger partial charge < -0.3 is 14.9 Å². The van der Waals surface area contributed by atoms with E-state index < -0.39 is 5.97 Å². The van der Waals surface area contributed by atoms with Gasteiger partial charge in [-0.2, -0.15) is 0 Å². The first kappa shape index (κ1) is 11.8. The summed E-state index contributed by atoms with van der Waals surface area (Å²) in [6, 6.07) is 1.43.